The van der Waals surface area contributed by atoms with Crippen LogP contribution < -0.4 is 10.5 Å². The molecule has 2 aromatic rings. The fourth-order valence-electron chi connectivity index (χ4n) is 4.84. The number of rotatable bonds is 5. The molecular weight excluding hydrogens is 427 g/mol. The van der Waals surface area contributed by atoms with E-state index in [9.17, 15) is 14.0 Å². The lowest BCUT2D eigenvalue weighted by atomic mass is 9.84. The van der Waals surface area contributed by atoms with Crippen molar-refractivity contribution in [3.05, 3.63) is 65.5 Å². The molecule has 1 saturated heterocycles. The van der Waals surface area contributed by atoms with Crippen LogP contribution in [-0.2, 0) is 9.53 Å². The monoisotopic (exact) mass is 452 g/mol. The highest BCUT2D eigenvalue weighted by molar-refractivity contribution is 5.80. The molecule has 0 bridgehead atoms. The fourth-order valence-corrected chi connectivity index (χ4v) is 4.84. The molecule has 2 amide bonds. The van der Waals surface area contributed by atoms with Gasteiger partial charge in [-0.25, -0.2) is 14.2 Å². The van der Waals surface area contributed by atoms with Gasteiger partial charge in [0.2, 0.25) is 0 Å². The number of hydrogen-bond donors (Lipinski definition) is 1. The molecule has 33 heavy (non-hydrogen) atoms. The number of carbonyl (C=O) groups excluding carboxylic acids is 2. The van der Waals surface area contributed by atoms with E-state index in [1.807, 2.05) is 30.3 Å². The van der Waals surface area contributed by atoms with E-state index in [1.165, 1.54) is 24.3 Å². The molecule has 0 aromatic heterocycles. The highest BCUT2D eigenvalue weighted by Crippen LogP contribution is 2.54. The van der Waals surface area contributed by atoms with Gasteiger partial charge in [0, 0.05) is 11.5 Å². The predicted molar refractivity (Wildman–Crippen MR) is 118 cm³/mol. The summed E-state index contributed by atoms with van der Waals surface area (Å²) >= 11 is 0. The van der Waals surface area contributed by atoms with Gasteiger partial charge in [-0.1, -0.05) is 36.3 Å². The van der Waals surface area contributed by atoms with Gasteiger partial charge in [0.25, 0.3) is 5.91 Å². The number of amides is 2. The van der Waals surface area contributed by atoms with Crippen LogP contribution in [0, 0.1) is 24.1 Å². The quantitative estimate of drug-likeness (QED) is 0.701. The van der Waals surface area contributed by atoms with E-state index in [4.69, 9.17) is 21.6 Å². The summed E-state index contributed by atoms with van der Waals surface area (Å²) in [7, 11) is 2.90. The zero-order valence-electron chi connectivity index (χ0n) is 18.3. The van der Waals surface area contributed by atoms with Gasteiger partial charge in [0.1, 0.15) is 11.6 Å². The second kappa shape index (κ2) is 9.10. The Morgan fingerprint density at radius 3 is 2.67 bits per heavy atom. The molecule has 1 fully saturated rings. The standard InChI is InChI=1S/C24H25FN4O4/c1-4-12-27(2)23(22(26)30)28-21-17-13-16(25)10-11-19(17)33-14-18(21)20(29(28)24(31)32-3)15-8-6-5-7-9-15/h1,5-11,13,18,20-21,23H,12,14H2,2-3H3,(H2,26,30). The van der Waals surface area contributed by atoms with Gasteiger partial charge in [-0.2, -0.15) is 5.01 Å². The number of nitrogens with zero attached hydrogens (tertiary/aromatic N) is 3. The van der Waals surface area contributed by atoms with Crippen LogP contribution in [0.15, 0.2) is 48.5 Å². The molecular formula is C24H25FN4O4. The van der Waals surface area contributed by atoms with Crippen LogP contribution in [0.3, 0.4) is 0 Å². The molecule has 2 aliphatic rings. The second-order valence-electron chi connectivity index (χ2n) is 8.05. The second-order valence-corrected chi connectivity index (χ2v) is 8.05. The normalized spacial score (nSPS) is 22.6. The third kappa shape index (κ3) is 3.88. The Bertz CT molecular complexity index is 1090. The van der Waals surface area contributed by atoms with E-state index in [-0.39, 0.29) is 19.1 Å². The third-order valence-electron chi connectivity index (χ3n) is 6.10. The van der Waals surface area contributed by atoms with E-state index in [0.717, 1.165) is 5.56 Å². The molecule has 4 unspecified atom stereocenters. The zero-order valence-corrected chi connectivity index (χ0v) is 18.3. The van der Waals surface area contributed by atoms with Gasteiger partial charge in [-0.05, 0) is 30.8 Å². The molecule has 9 heteroatoms. The highest BCUT2D eigenvalue weighted by Gasteiger charge is 2.57. The number of fused-ring (bicyclic) bond motifs is 3. The number of methoxy groups -OCH3 is 1. The number of ether oxygens (including phenoxy) is 2. The Balaban J connectivity index is 1.96. The molecule has 0 spiro atoms. The summed E-state index contributed by atoms with van der Waals surface area (Å²) < 4.78 is 25.4. The minimum atomic E-state index is -1.10. The lowest BCUT2D eigenvalue weighted by Crippen LogP contribution is -2.60. The minimum absolute atomic E-state index is 0.0962. The van der Waals surface area contributed by atoms with Gasteiger partial charge in [-0.15, -0.1) is 6.42 Å². The van der Waals surface area contributed by atoms with Gasteiger partial charge in [-0.3, -0.25) is 9.69 Å². The maximum atomic E-state index is 14.4. The van der Waals surface area contributed by atoms with Crippen LogP contribution in [0.1, 0.15) is 23.2 Å². The van der Waals surface area contributed by atoms with Crippen LogP contribution in [0.5, 0.6) is 5.75 Å². The summed E-state index contributed by atoms with van der Waals surface area (Å²) in [5, 5.41) is 2.95. The maximum Gasteiger partial charge on any atom is 0.424 e. The van der Waals surface area contributed by atoms with E-state index in [0.29, 0.717) is 11.3 Å². The molecule has 172 valence electrons. The number of primary amides is 1. The summed E-state index contributed by atoms with van der Waals surface area (Å²) in [4.78, 5) is 27.5. The summed E-state index contributed by atoms with van der Waals surface area (Å²) in [6.45, 7) is 0.330. The van der Waals surface area contributed by atoms with Gasteiger partial charge in [0.15, 0.2) is 6.17 Å². The van der Waals surface area contributed by atoms with Crippen molar-refractivity contribution in [3.8, 4) is 18.1 Å². The Hall–Kier alpha value is -3.61. The Morgan fingerprint density at radius 2 is 2.03 bits per heavy atom. The van der Waals surface area contributed by atoms with Gasteiger partial charge in [0.05, 0.1) is 32.3 Å². The predicted octanol–water partition coefficient (Wildman–Crippen LogP) is 2.29. The molecule has 4 rings (SSSR count). The van der Waals surface area contributed by atoms with Gasteiger partial charge < -0.3 is 15.2 Å². The van der Waals surface area contributed by atoms with Crippen molar-refractivity contribution in [2.45, 2.75) is 18.2 Å². The molecule has 2 heterocycles. The Morgan fingerprint density at radius 1 is 1.30 bits per heavy atom. The largest absolute Gasteiger partial charge is 0.493 e. The number of hydrazine groups is 1. The molecule has 4 atom stereocenters. The fraction of sp³-hybridized carbons (Fsp3) is 0.333. The molecule has 2 aromatic carbocycles. The van der Waals surface area contributed by atoms with Crippen molar-refractivity contribution in [1.82, 2.24) is 14.9 Å². The van der Waals surface area contributed by atoms with Crippen molar-refractivity contribution in [3.63, 3.8) is 0 Å². The molecule has 0 saturated carbocycles. The van der Waals surface area contributed by atoms with Crippen LogP contribution in [0.4, 0.5) is 9.18 Å². The number of likely N-dealkylation sites (N-methyl/N-ethyl adjacent to an activating group) is 1. The molecule has 2 N–H and O–H groups in total. The van der Waals surface area contributed by atoms with Crippen LogP contribution in [-0.4, -0.2) is 60.4 Å². The third-order valence-corrected chi connectivity index (χ3v) is 6.10. The Labute approximate surface area is 191 Å². The topological polar surface area (TPSA) is 88.3 Å². The average molecular weight is 452 g/mol. The van der Waals surface area contributed by atoms with E-state index in [2.05, 4.69) is 5.92 Å². The number of benzene rings is 2. The average Bonchev–Trinajstić information content (AvgIpc) is 3.14. The number of nitrogens with two attached hydrogens (primary N) is 1. The van der Waals surface area contributed by atoms with E-state index >= 15 is 0 Å². The highest BCUT2D eigenvalue weighted by atomic mass is 19.1. The number of hydrogen-bond acceptors (Lipinski definition) is 6. The van der Waals surface area contributed by atoms with Crippen LogP contribution >= 0.6 is 0 Å². The summed E-state index contributed by atoms with van der Waals surface area (Å²) in [6, 6.07) is 12.4. The number of halogens is 1. The Kier molecular flexibility index (Phi) is 6.22. The van der Waals surface area contributed by atoms with Gasteiger partial charge >= 0.3 is 6.09 Å². The first-order valence-electron chi connectivity index (χ1n) is 10.4. The SMILES string of the molecule is C#CCN(C)C(C(N)=O)N1C2c3cc(F)ccc3OCC2C(c2ccccc2)N1C(=O)OC. The van der Waals surface area contributed by atoms with Crippen LogP contribution in [0.2, 0.25) is 0 Å². The molecule has 8 nitrogen and oxygen atoms in total. The van der Waals surface area contributed by atoms with Crippen LogP contribution in [0.25, 0.3) is 0 Å². The lowest BCUT2D eigenvalue weighted by Gasteiger charge is -2.41. The minimum Gasteiger partial charge on any atom is -0.493 e. The summed E-state index contributed by atoms with van der Waals surface area (Å²) in [6.07, 6.45) is 3.71. The molecule has 2 aliphatic heterocycles. The maximum absolute atomic E-state index is 14.4. The van der Waals surface area contributed by atoms with Crippen molar-refractivity contribution in [2.24, 2.45) is 11.7 Å². The first kappa shape index (κ1) is 22.6. The van der Waals surface area contributed by atoms with E-state index in [1.54, 1.807) is 23.0 Å². The smallest absolute Gasteiger partial charge is 0.424 e. The number of carbonyl (C=O) groups is 2. The van der Waals surface area contributed by atoms with Crippen molar-refractivity contribution < 1.29 is 23.5 Å². The first-order chi connectivity index (χ1) is 15.9. The van der Waals surface area contributed by atoms with Crippen molar-refractivity contribution in [1.29, 1.82) is 0 Å². The van der Waals surface area contributed by atoms with Crippen molar-refractivity contribution in [2.75, 3.05) is 27.3 Å². The first-order valence-corrected chi connectivity index (χ1v) is 10.4. The molecule has 0 aliphatic carbocycles. The van der Waals surface area contributed by atoms with Crippen molar-refractivity contribution >= 4 is 12.0 Å². The number of terminal acetylenes is 1. The summed E-state index contributed by atoms with van der Waals surface area (Å²) in [5.41, 5.74) is 7.16. The summed E-state index contributed by atoms with van der Waals surface area (Å²) in [5.74, 6) is 1.46. The zero-order chi connectivity index (χ0) is 23.7. The molecule has 0 radical (unpaired) electrons. The lowest BCUT2D eigenvalue weighted by molar-refractivity contribution is -0.145. The van der Waals surface area contributed by atoms with E-state index < -0.39 is 36.1 Å².